The fourth-order valence-electron chi connectivity index (χ4n) is 3.97. The lowest BCUT2D eigenvalue weighted by atomic mass is 9.95. The number of ether oxygens (including phenoxy) is 2. The van der Waals surface area contributed by atoms with Crippen LogP contribution in [0.1, 0.15) is 104 Å². The van der Waals surface area contributed by atoms with Crippen LogP contribution in [0.15, 0.2) is 0 Å². The molecule has 1 heterocycles. The molecule has 0 spiro atoms. The maximum absolute atomic E-state index is 10.0. The molecule has 5 atom stereocenters. The normalized spacial score (nSPS) is 26.0. The van der Waals surface area contributed by atoms with E-state index < -0.39 is 24.6 Å². The van der Waals surface area contributed by atoms with Gasteiger partial charge < -0.3 is 24.8 Å². The van der Waals surface area contributed by atoms with Gasteiger partial charge in [-0.05, 0) is 18.8 Å². The Labute approximate surface area is 172 Å². The van der Waals surface area contributed by atoms with E-state index in [1.807, 2.05) is 0 Å². The minimum Gasteiger partial charge on any atom is -0.394 e. The molecule has 168 valence electrons. The molecule has 28 heavy (non-hydrogen) atoms. The average Bonchev–Trinajstić information content (AvgIpc) is 2.98. The third kappa shape index (κ3) is 10.5. The van der Waals surface area contributed by atoms with Gasteiger partial charge >= 0.3 is 0 Å². The summed E-state index contributed by atoms with van der Waals surface area (Å²) in [5.41, 5.74) is 0. The topological polar surface area (TPSA) is 79.2 Å². The van der Waals surface area contributed by atoms with Gasteiger partial charge in [-0.2, -0.15) is 0 Å². The third-order valence-electron chi connectivity index (χ3n) is 5.93. The summed E-state index contributed by atoms with van der Waals surface area (Å²) in [5.74, 6) is 0.470. The van der Waals surface area contributed by atoms with Crippen molar-refractivity contribution in [3.8, 4) is 0 Å². The molecule has 0 aliphatic carbocycles. The minimum absolute atomic E-state index is 0.309. The van der Waals surface area contributed by atoms with Gasteiger partial charge in [0.2, 0.25) is 0 Å². The predicted molar refractivity (Wildman–Crippen MR) is 113 cm³/mol. The largest absolute Gasteiger partial charge is 0.394 e. The highest BCUT2D eigenvalue weighted by Gasteiger charge is 2.43. The van der Waals surface area contributed by atoms with Crippen LogP contribution in [-0.2, 0) is 9.47 Å². The van der Waals surface area contributed by atoms with Gasteiger partial charge in [0.1, 0.15) is 18.3 Å². The number of hydrogen-bond donors (Lipinski definition) is 3. The smallest absolute Gasteiger partial charge is 0.186 e. The fraction of sp³-hybridized carbons (Fsp3) is 1.00. The molecule has 0 amide bonds. The van der Waals surface area contributed by atoms with Gasteiger partial charge in [-0.25, -0.2) is 0 Å². The van der Waals surface area contributed by atoms with E-state index >= 15 is 0 Å². The molecule has 5 nitrogen and oxygen atoms in total. The maximum atomic E-state index is 10.0. The molecule has 0 aromatic rings. The maximum Gasteiger partial charge on any atom is 0.186 e. The molecule has 1 aliphatic rings. The van der Waals surface area contributed by atoms with Crippen LogP contribution in [0, 0.1) is 5.92 Å². The first-order valence-electron chi connectivity index (χ1n) is 11.9. The Balaban J connectivity index is 2.28. The Morgan fingerprint density at radius 2 is 1.25 bits per heavy atom. The first kappa shape index (κ1) is 25.8. The van der Waals surface area contributed by atoms with Crippen molar-refractivity contribution >= 4 is 0 Å². The van der Waals surface area contributed by atoms with E-state index in [4.69, 9.17) is 9.47 Å². The molecule has 1 fully saturated rings. The van der Waals surface area contributed by atoms with Crippen LogP contribution in [0.25, 0.3) is 0 Å². The Morgan fingerprint density at radius 1 is 0.750 bits per heavy atom. The van der Waals surface area contributed by atoms with Crippen LogP contribution in [0.5, 0.6) is 0 Å². The van der Waals surface area contributed by atoms with E-state index in [2.05, 4.69) is 13.8 Å². The second kappa shape index (κ2) is 16.6. The van der Waals surface area contributed by atoms with Crippen molar-refractivity contribution in [2.75, 3.05) is 13.2 Å². The van der Waals surface area contributed by atoms with E-state index in [-0.39, 0.29) is 6.61 Å². The van der Waals surface area contributed by atoms with Crippen LogP contribution in [-0.4, -0.2) is 53.1 Å². The number of aliphatic hydroxyl groups excluding tert-OH is 3. The van der Waals surface area contributed by atoms with E-state index in [9.17, 15) is 15.3 Å². The first-order valence-corrected chi connectivity index (χ1v) is 11.9. The quantitative estimate of drug-likeness (QED) is 0.293. The minimum atomic E-state index is -1.08. The van der Waals surface area contributed by atoms with Crippen molar-refractivity contribution in [3.63, 3.8) is 0 Å². The summed E-state index contributed by atoms with van der Waals surface area (Å²) in [6, 6.07) is 0. The molecule has 1 aliphatic heterocycles. The molecular weight excluding hydrogens is 356 g/mol. The van der Waals surface area contributed by atoms with Crippen molar-refractivity contribution in [2.24, 2.45) is 5.92 Å². The second-order valence-electron chi connectivity index (χ2n) is 8.52. The van der Waals surface area contributed by atoms with Gasteiger partial charge in [-0.15, -0.1) is 0 Å². The van der Waals surface area contributed by atoms with Crippen molar-refractivity contribution in [3.05, 3.63) is 0 Å². The van der Waals surface area contributed by atoms with Gasteiger partial charge in [0, 0.05) is 0 Å². The standard InChI is InChI=1S/C23H46O5/c1-3-5-7-9-10-11-12-14-16-19(15-13-8-6-4-2)18-27-23-22(26)21(25)20(17-24)28-23/h19-26H,3-18H2,1-2H3/t19?,20-,21+,22-,23?/m1/s1. The number of rotatable bonds is 18. The van der Waals surface area contributed by atoms with E-state index in [0.717, 1.165) is 12.8 Å². The van der Waals surface area contributed by atoms with Crippen LogP contribution < -0.4 is 0 Å². The lowest BCUT2D eigenvalue weighted by Crippen LogP contribution is -2.35. The predicted octanol–water partition coefficient (Wildman–Crippen LogP) is 4.56. The summed E-state index contributed by atoms with van der Waals surface area (Å²) < 4.78 is 11.3. The summed E-state index contributed by atoms with van der Waals surface area (Å²) in [6.45, 7) is 4.72. The summed E-state index contributed by atoms with van der Waals surface area (Å²) >= 11 is 0. The average molecular weight is 403 g/mol. The lowest BCUT2D eigenvalue weighted by Gasteiger charge is -2.21. The Hall–Kier alpha value is -0.200. The Bertz CT molecular complexity index is 352. The highest BCUT2D eigenvalue weighted by atomic mass is 16.7. The summed E-state index contributed by atoms with van der Waals surface area (Å²) in [7, 11) is 0. The van der Waals surface area contributed by atoms with Crippen molar-refractivity contribution < 1.29 is 24.8 Å². The zero-order chi connectivity index (χ0) is 20.6. The molecular formula is C23H46O5. The van der Waals surface area contributed by atoms with Crippen LogP contribution in [0.2, 0.25) is 0 Å². The van der Waals surface area contributed by atoms with Crippen molar-refractivity contribution in [1.29, 1.82) is 0 Å². The first-order chi connectivity index (χ1) is 13.6. The van der Waals surface area contributed by atoms with Crippen LogP contribution in [0.4, 0.5) is 0 Å². The second-order valence-corrected chi connectivity index (χ2v) is 8.52. The molecule has 0 bridgehead atoms. The van der Waals surface area contributed by atoms with Gasteiger partial charge in [-0.3, -0.25) is 0 Å². The molecule has 2 unspecified atom stereocenters. The Morgan fingerprint density at radius 3 is 1.75 bits per heavy atom. The number of aliphatic hydroxyl groups is 3. The highest BCUT2D eigenvalue weighted by Crippen LogP contribution is 2.25. The van der Waals surface area contributed by atoms with Crippen LogP contribution >= 0.6 is 0 Å². The zero-order valence-corrected chi connectivity index (χ0v) is 18.4. The zero-order valence-electron chi connectivity index (χ0n) is 18.4. The molecule has 0 aromatic heterocycles. The van der Waals surface area contributed by atoms with Gasteiger partial charge in [0.15, 0.2) is 6.29 Å². The monoisotopic (exact) mass is 402 g/mol. The van der Waals surface area contributed by atoms with E-state index in [1.54, 1.807) is 0 Å². The van der Waals surface area contributed by atoms with Crippen LogP contribution in [0.3, 0.4) is 0 Å². The molecule has 1 rings (SSSR count). The molecule has 1 saturated heterocycles. The van der Waals surface area contributed by atoms with E-state index in [1.165, 1.54) is 77.0 Å². The van der Waals surface area contributed by atoms with Gasteiger partial charge in [0.25, 0.3) is 0 Å². The summed E-state index contributed by atoms with van der Waals surface area (Å²) in [6.07, 6.45) is 14.1. The number of unbranched alkanes of at least 4 members (excludes halogenated alkanes) is 10. The molecule has 3 N–H and O–H groups in total. The summed E-state index contributed by atoms with van der Waals surface area (Å²) in [4.78, 5) is 0. The molecule has 0 radical (unpaired) electrons. The lowest BCUT2D eigenvalue weighted by molar-refractivity contribution is -0.176. The van der Waals surface area contributed by atoms with Gasteiger partial charge in [0.05, 0.1) is 13.2 Å². The fourth-order valence-corrected chi connectivity index (χ4v) is 3.97. The SMILES string of the molecule is CCCCCCCCCCC(CCCCCC)COC1O[C@H](CO)[C@H](O)[C@H]1O. The molecule has 0 aromatic carbocycles. The third-order valence-corrected chi connectivity index (χ3v) is 5.93. The number of hydrogen-bond acceptors (Lipinski definition) is 5. The van der Waals surface area contributed by atoms with Crippen molar-refractivity contribution in [1.82, 2.24) is 0 Å². The molecule has 5 heteroatoms. The van der Waals surface area contributed by atoms with Gasteiger partial charge in [-0.1, -0.05) is 90.9 Å². The summed E-state index contributed by atoms with van der Waals surface area (Å²) in [5, 5.41) is 29.1. The highest BCUT2D eigenvalue weighted by molar-refractivity contribution is 4.86. The molecule has 0 saturated carbocycles. The van der Waals surface area contributed by atoms with E-state index in [0.29, 0.717) is 12.5 Å². The Kier molecular flexibility index (Phi) is 15.3. The van der Waals surface area contributed by atoms with Crippen molar-refractivity contribution in [2.45, 2.75) is 128 Å².